The zero-order valence-corrected chi connectivity index (χ0v) is 9.99. The Labute approximate surface area is 106 Å². The van der Waals surface area contributed by atoms with Crippen LogP contribution in [-0.4, -0.2) is 23.4 Å². The Kier molecular flexibility index (Phi) is 4.34. The van der Waals surface area contributed by atoms with E-state index >= 15 is 0 Å². The fourth-order valence-electron chi connectivity index (χ4n) is 1.74. The molecule has 0 aliphatic carbocycles. The van der Waals surface area contributed by atoms with Gasteiger partial charge >= 0.3 is 0 Å². The van der Waals surface area contributed by atoms with Crippen LogP contribution in [0.15, 0.2) is 54.6 Å². The minimum atomic E-state index is -0.627. The van der Waals surface area contributed by atoms with Crippen LogP contribution in [0.1, 0.15) is 17.2 Å². The SMILES string of the molecule is OCCOc1ccc(C(O)c2ccccc2)cc1. The van der Waals surface area contributed by atoms with Gasteiger partial charge in [0.15, 0.2) is 0 Å². The van der Waals surface area contributed by atoms with Crippen LogP contribution in [0.4, 0.5) is 0 Å². The van der Waals surface area contributed by atoms with Crippen molar-refractivity contribution < 1.29 is 14.9 Å². The van der Waals surface area contributed by atoms with Gasteiger partial charge in [-0.25, -0.2) is 0 Å². The van der Waals surface area contributed by atoms with Crippen LogP contribution in [0, 0.1) is 0 Å². The predicted octanol–water partition coefficient (Wildman–Crippen LogP) is 2.14. The van der Waals surface area contributed by atoms with Crippen molar-refractivity contribution >= 4 is 0 Å². The molecule has 1 unspecified atom stereocenters. The normalized spacial score (nSPS) is 12.1. The molecule has 3 nitrogen and oxygen atoms in total. The molecule has 0 saturated carbocycles. The molecule has 1 atom stereocenters. The number of ether oxygens (including phenoxy) is 1. The standard InChI is InChI=1S/C15H16O3/c16-10-11-18-14-8-6-13(7-9-14)15(17)12-4-2-1-3-5-12/h1-9,15-17H,10-11H2. The van der Waals surface area contributed by atoms with Gasteiger partial charge in [-0.3, -0.25) is 0 Å². The zero-order valence-electron chi connectivity index (χ0n) is 9.99. The number of hydrogen-bond donors (Lipinski definition) is 2. The molecule has 0 heterocycles. The molecule has 0 amide bonds. The van der Waals surface area contributed by atoms with E-state index < -0.39 is 6.10 Å². The van der Waals surface area contributed by atoms with E-state index in [1.165, 1.54) is 0 Å². The molecular formula is C15H16O3. The molecule has 18 heavy (non-hydrogen) atoms. The smallest absolute Gasteiger partial charge is 0.119 e. The molecule has 0 radical (unpaired) electrons. The molecule has 2 aromatic rings. The Balaban J connectivity index is 2.09. The molecule has 94 valence electrons. The van der Waals surface area contributed by atoms with Crippen LogP contribution in [0.3, 0.4) is 0 Å². The first-order valence-electron chi connectivity index (χ1n) is 5.88. The number of rotatable bonds is 5. The Bertz CT molecular complexity index is 465. The van der Waals surface area contributed by atoms with E-state index in [2.05, 4.69) is 0 Å². The van der Waals surface area contributed by atoms with Crippen molar-refractivity contribution in [1.29, 1.82) is 0 Å². The summed E-state index contributed by atoms with van der Waals surface area (Å²) in [5, 5.41) is 18.8. The lowest BCUT2D eigenvalue weighted by molar-refractivity contribution is 0.200. The third-order valence-corrected chi connectivity index (χ3v) is 2.67. The van der Waals surface area contributed by atoms with Crippen molar-refractivity contribution in [3.8, 4) is 5.75 Å². The molecule has 0 fully saturated rings. The minimum absolute atomic E-state index is 0.00556. The fraction of sp³-hybridized carbons (Fsp3) is 0.200. The van der Waals surface area contributed by atoms with Crippen LogP contribution in [-0.2, 0) is 0 Å². The third-order valence-electron chi connectivity index (χ3n) is 2.67. The van der Waals surface area contributed by atoms with Gasteiger partial charge in [0, 0.05) is 0 Å². The summed E-state index contributed by atoms with van der Waals surface area (Å²) in [6.45, 7) is 0.273. The summed E-state index contributed by atoms with van der Waals surface area (Å²) in [7, 11) is 0. The number of aliphatic hydroxyl groups is 2. The van der Waals surface area contributed by atoms with Crippen molar-refractivity contribution in [2.45, 2.75) is 6.10 Å². The first kappa shape index (κ1) is 12.6. The number of aliphatic hydroxyl groups excluding tert-OH is 2. The highest BCUT2D eigenvalue weighted by Crippen LogP contribution is 2.23. The molecule has 2 rings (SSSR count). The van der Waals surface area contributed by atoms with Crippen molar-refractivity contribution in [3.05, 3.63) is 65.7 Å². The van der Waals surface area contributed by atoms with E-state index in [1.54, 1.807) is 12.1 Å². The summed E-state index contributed by atoms with van der Waals surface area (Å²) >= 11 is 0. The lowest BCUT2D eigenvalue weighted by Gasteiger charge is -2.12. The summed E-state index contributed by atoms with van der Waals surface area (Å²) in [6, 6.07) is 16.7. The van der Waals surface area contributed by atoms with Crippen molar-refractivity contribution in [2.75, 3.05) is 13.2 Å². The van der Waals surface area contributed by atoms with Crippen molar-refractivity contribution in [3.63, 3.8) is 0 Å². The molecule has 0 spiro atoms. The van der Waals surface area contributed by atoms with Crippen LogP contribution < -0.4 is 4.74 Å². The van der Waals surface area contributed by atoms with Gasteiger partial charge in [0.1, 0.15) is 18.5 Å². The van der Waals surface area contributed by atoms with E-state index in [0.29, 0.717) is 5.75 Å². The first-order chi connectivity index (χ1) is 8.81. The second-order valence-electron chi connectivity index (χ2n) is 3.95. The predicted molar refractivity (Wildman–Crippen MR) is 69.5 cm³/mol. The maximum absolute atomic E-state index is 10.2. The molecule has 0 aliphatic heterocycles. The Morgan fingerprint density at radius 3 is 2.11 bits per heavy atom. The quantitative estimate of drug-likeness (QED) is 0.847. The lowest BCUT2D eigenvalue weighted by atomic mass is 10.0. The molecule has 0 saturated heterocycles. The molecule has 0 aliphatic rings. The second kappa shape index (κ2) is 6.19. The highest BCUT2D eigenvalue weighted by atomic mass is 16.5. The van der Waals surface area contributed by atoms with Crippen molar-refractivity contribution in [1.82, 2.24) is 0 Å². The highest BCUT2D eigenvalue weighted by molar-refractivity contribution is 5.33. The average molecular weight is 244 g/mol. The van der Waals surface area contributed by atoms with E-state index in [0.717, 1.165) is 11.1 Å². The Morgan fingerprint density at radius 1 is 0.889 bits per heavy atom. The van der Waals surface area contributed by atoms with Gasteiger partial charge in [0.25, 0.3) is 0 Å². The van der Waals surface area contributed by atoms with Gasteiger partial charge in [0.2, 0.25) is 0 Å². The fourth-order valence-corrected chi connectivity index (χ4v) is 1.74. The summed E-state index contributed by atoms with van der Waals surface area (Å²) < 4.78 is 5.26. The maximum atomic E-state index is 10.2. The first-order valence-corrected chi connectivity index (χ1v) is 5.88. The highest BCUT2D eigenvalue weighted by Gasteiger charge is 2.09. The Hall–Kier alpha value is -1.84. The summed E-state index contributed by atoms with van der Waals surface area (Å²) in [6.07, 6.45) is -0.627. The van der Waals surface area contributed by atoms with Gasteiger partial charge in [-0.1, -0.05) is 42.5 Å². The summed E-state index contributed by atoms with van der Waals surface area (Å²) in [5.74, 6) is 0.688. The van der Waals surface area contributed by atoms with E-state index in [-0.39, 0.29) is 13.2 Å². The van der Waals surface area contributed by atoms with Gasteiger partial charge in [-0.05, 0) is 23.3 Å². The van der Waals surface area contributed by atoms with Gasteiger partial charge in [-0.15, -0.1) is 0 Å². The number of benzene rings is 2. The van der Waals surface area contributed by atoms with Crippen LogP contribution in [0.25, 0.3) is 0 Å². The van der Waals surface area contributed by atoms with Crippen LogP contribution >= 0.6 is 0 Å². The second-order valence-corrected chi connectivity index (χ2v) is 3.95. The molecular weight excluding hydrogens is 228 g/mol. The van der Waals surface area contributed by atoms with E-state index in [9.17, 15) is 5.11 Å². The van der Waals surface area contributed by atoms with Crippen LogP contribution in [0.2, 0.25) is 0 Å². The lowest BCUT2D eigenvalue weighted by Crippen LogP contribution is -2.02. The molecule has 0 bridgehead atoms. The summed E-state index contributed by atoms with van der Waals surface area (Å²) in [4.78, 5) is 0. The molecule has 3 heteroatoms. The minimum Gasteiger partial charge on any atom is -0.491 e. The maximum Gasteiger partial charge on any atom is 0.119 e. The van der Waals surface area contributed by atoms with Gasteiger partial charge in [-0.2, -0.15) is 0 Å². The van der Waals surface area contributed by atoms with Gasteiger partial charge in [0.05, 0.1) is 6.61 Å². The van der Waals surface area contributed by atoms with E-state index in [1.807, 2.05) is 42.5 Å². The third kappa shape index (κ3) is 3.09. The topological polar surface area (TPSA) is 49.7 Å². The molecule has 0 aromatic heterocycles. The van der Waals surface area contributed by atoms with E-state index in [4.69, 9.17) is 9.84 Å². The molecule has 2 aromatic carbocycles. The molecule has 2 N–H and O–H groups in total. The average Bonchev–Trinajstić information content (AvgIpc) is 2.46. The summed E-state index contributed by atoms with van der Waals surface area (Å²) in [5.41, 5.74) is 1.68. The largest absolute Gasteiger partial charge is 0.491 e. The van der Waals surface area contributed by atoms with Gasteiger partial charge < -0.3 is 14.9 Å². The zero-order chi connectivity index (χ0) is 12.8. The van der Waals surface area contributed by atoms with Crippen LogP contribution in [0.5, 0.6) is 5.75 Å². The number of hydrogen-bond acceptors (Lipinski definition) is 3. The van der Waals surface area contributed by atoms with Crippen molar-refractivity contribution in [2.24, 2.45) is 0 Å². The monoisotopic (exact) mass is 244 g/mol. The Morgan fingerprint density at radius 2 is 1.50 bits per heavy atom.